The zero-order chi connectivity index (χ0) is 24.1. The van der Waals surface area contributed by atoms with Gasteiger partial charge >= 0.3 is 6.03 Å². The number of hydrogen-bond acceptors (Lipinski definition) is 5. The van der Waals surface area contributed by atoms with Gasteiger partial charge in [0.2, 0.25) is 0 Å². The minimum Gasteiger partial charge on any atom is -0.338 e. The average molecular weight is 458 g/mol. The molecule has 0 radical (unpaired) electrons. The largest absolute Gasteiger partial charge is 0.338 e. The van der Waals surface area contributed by atoms with Gasteiger partial charge in [-0.1, -0.05) is 60.7 Å². The molecule has 4 amide bonds. The van der Waals surface area contributed by atoms with E-state index < -0.39 is 16.7 Å². The first-order chi connectivity index (χ1) is 16.5. The van der Waals surface area contributed by atoms with Crippen LogP contribution in [0.3, 0.4) is 0 Å². The summed E-state index contributed by atoms with van der Waals surface area (Å²) < 4.78 is 0. The van der Waals surface area contributed by atoms with E-state index in [1.807, 2.05) is 60.7 Å². The summed E-state index contributed by atoms with van der Waals surface area (Å²) in [5.74, 6) is -1.06. The Morgan fingerprint density at radius 1 is 0.882 bits per heavy atom. The van der Waals surface area contributed by atoms with Crippen LogP contribution in [0.4, 0.5) is 10.5 Å². The molecule has 0 spiro atoms. The number of carbonyl (C=O) groups is 3. The molecule has 0 bridgehead atoms. The number of benzene rings is 3. The molecule has 0 fully saturated rings. The Morgan fingerprint density at radius 3 is 2.06 bits per heavy atom. The van der Waals surface area contributed by atoms with Crippen molar-refractivity contribution in [1.82, 2.24) is 15.5 Å². The van der Waals surface area contributed by atoms with Gasteiger partial charge in [-0.2, -0.15) is 0 Å². The van der Waals surface area contributed by atoms with Gasteiger partial charge in [-0.3, -0.25) is 24.6 Å². The maximum atomic E-state index is 12.6. The molecule has 3 aromatic rings. The van der Waals surface area contributed by atoms with E-state index in [1.54, 1.807) is 0 Å². The van der Waals surface area contributed by atoms with Gasteiger partial charge in [0.05, 0.1) is 22.1 Å². The van der Waals surface area contributed by atoms with Gasteiger partial charge in [-0.25, -0.2) is 4.79 Å². The third-order valence-corrected chi connectivity index (χ3v) is 5.55. The Bertz CT molecular complexity index is 1190. The molecule has 0 saturated heterocycles. The Labute approximate surface area is 195 Å². The molecule has 0 aromatic heterocycles. The number of nitrogens with zero attached hydrogens (tertiary/aromatic N) is 2. The van der Waals surface area contributed by atoms with Crippen molar-refractivity contribution in [3.05, 3.63) is 111 Å². The monoisotopic (exact) mass is 458 g/mol. The average Bonchev–Trinajstić information content (AvgIpc) is 3.10. The summed E-state index contributed by atoms with van der Waals surface area (Å²) >= 11 is 0. The molecule has 1 heterocycles. The molecule has 4 rings (SSSR count). The van der Waals surface area contributed by atoms with Crippen molar-refractivity contribution in [2.24, 2.45) is 0 Å². The molecule has 0 saturated carbocycles. The van der Waals surface area contributed by atoms with Crippen molar-refractivity contribution in [3.8, 4) is 0 Å². The van der Waals surface area contributed by atoms with Crippen LogP contribution in [0.15, 0.2) is 78.9 Å². The molecule has 0 unspecified atom stereocenters. The van der Waals surface area contributed by atoms with Crippen molar-refractivity contribution in [2.45, 2.75) is 12.5 Å². The van der Waals surface area contributed by atoms with Gasteiger partial charge in [-0.15, -0.1) is 0 Å². The van der Waals surface area contributed by atoms with E-state index >= 15 is 0 Å². The van der Waals surface area contributed by atoms with Crippen molar-refractivity contribution in [3.63, 3.8) is 0 Å². The van der Waals surface area contributed by atoms with Crippen LogP contribution in [-0.2, 0) is 0 Å². The first-order valence-electron chi connectivity index (χ1n) is 10.7. The number of carbonyl (C=O) groups excluding carboxylic acids is 3. The summed E-state index contributed by atoms with van der Waals surface area (Å²) in [6.45, 7) is 0.316. The zero-order valence-electron chi connectivity index (χ0n) is 18.1. The standard InChI is InChI=1S/C25H22N4O5/c30-23-20-13-12-19(29(33)34)16-21(20)24(31)28(23)15-7-14-26-25(32)27-22(17-8-3-1-4-9-17)18-10-5-2-6-11-18/h1-6,8-13,16,22H,7,14-15H2,(H2,26,27,32). The highest BCUT2D eigenvalue weighted by Crippen LogP contribution is 2.27. The van der Waals surface area contributed by atoms with Crippen LogP contribution in [0.1, 0.15) is 44.3 Å². The highest BCUT2D eigenvalue weighted by molar-refractivity contribution is 6.21. The molecule has 34 heavy (non-hydrogen) atoms. The lowest BCUT2D eigenvalue weighted by atomic mass is 9.99. The van der Waals surface area contributed by atoms with Crippen LogP contribution in [-0.4, -0.2) is 40.8 Å². The fourth-order valence-electron chi connectivity index (χ4n) is 3.87. The number of non-ortho nitro benzene ring substituents is 1. The number of nitro benzene ring substituents is 1. The van der Waals surface area contributed by atoms with E-state index in [-0.39, 0.29) is 42.0 Å². The smallest absolute Gasteiger partial charge is 0.315 e. The van der Waals surface area contributed by atoms with Crippen LogP contribution in [0.5, 0.6) is 0 Å². The minimum atomic E-state index is -0.610. The number of fused-ring (bicyclic) bond motifs is 1. The molecule has 9 nitrogen and oxygen atoms in total. The fourth-order valence-corrected chi connectivity index (χ4v) is 3.87. The van der Waals surface area contributed by atoms with Crippen molar-refractivity contribution in [1.29, 1.82) is 0 Å². The molecule has 0 atom stereocenters. The number of nitro groups is 1. The second-order valence-corrected chi connectivity index (χ2v) is 7.76. The Balaban J connectivity index is 1.33. The van der Waals surface area contributed by atoms with Crippen molar-refractivity contribution >= 4 is 23.5 Å². The van der Waals surface area contributed by atoms with E-state index in [1.165, 1.54) is 12.1 Å². The summed E-state index contributed by atoms with van der Waals surface area (Å²) in [6, 6.07) is 22.1. The molecule has 1 aliphatic rings. The molecule has 0 aliphatic carbocycles. The Morgan fingerprint density at radius 2 is 1.47 bits per heavy atom. The number of nitrogens with one attached hydrogen (secondary N) is 2. The van der Waals surface area contributed by atoms with E-state index in [0.717, 1.165) is 22.1 Å². The van der Waals surface area contributed by atoms with Gasteiger partial charge in [0.25, 0.3) is 17.5 Å². The van der Waals surface area contributed by atoms with Crippen LogP contribution < -0.4 is 10.6 Å². The minimum absolute atomic E-state index is 0.0264. The fraction of sp³-hybridized carbons (Fsp3) is 0.160. The Kier molecular flexibility index (Phi) is 6.63. The SMILES string of the molecule is O=C(NCCCN1C(=O)c2ccc([N+](=O)[O-])cc2C1=O)NC(c1ccccc1)c1ccccc1. The van der Waals surface area contributed by atoms with Gasteiger partial charge in [0, 0.05) is 25.2 Å². The third kappa shape index (κ3) is 4.78. The number of amides is 4. The predicted octanol–water partition coefficient (Wildman–Crippen LogP) is 3.67. The topological polar surface area (TPSA) is 122 Å². The molecular formula is C25H22N4O5. The second-order valence-electron chi connectivity index (χ2n) is 7.76. The third-order valence-electron chi connectivity index (χ3n) is 5.55. The second kappa shape index (κ2) is 9.95. The number of imide groups is 1. The normalized spacial score (nSPS) is 12.6. The van der Waals surface area contributed by atoms with E-state index in [0.29, 0.717) is 6.42 Å². The lowest BCUT2D eigenvalue weighted by Crippen LogP contribution is -2.40. The van der Waals surface area contributed by atoms with Crippen molar-refractivity contribution in [2.75, 3.05) is 13.1 Å². The zero-order valence-corrected chi connectivity index (χ0v) is 18.1. The predicted molar refractivity (Wildman–Crippen MR) is 124 cm³/mol. The van der Waals surface area contributed by atoms with Crippen LogP contribution in [0.25, 0.3) is 0 Å². The maximum absolute atomic E-state index is 12.6. The first-order valence-corrected chi connectivity index (χ1v) is 10.7. The quantitative estimate of drug-likeness (QED) is 0.231. The summed E-state index contributed by atoms with van der Waals surface area (Å²) in [7, 11) is 0. The van der Waals surface area contributed by atoms with Gasteiger partial charge in [0.15, 0.2) is 0 Å². The lowest BCUT2D eigenvalue weighted by molar-refractivity contribution is -0.384. The highest BCUT2D eigenvalue weighted by Gasteiger charge is 2.36. The maximum Gasteiger partial charge on any atom is 0.315 e. The summed E-state index contributed by atoms with van der Waals surface area (Å²) in [5.41, 5.74) is 1.80. The van der Waals surface area contributed by atoms with Crippen LogP contribution >= 0.6 is 0 Å². The highest BCUT2D eigenvalue weighted by atomic mass is 16.6. The molecule has 1 aliphatic heterocycles. The van der Waals surface area contributed by atoms with Crippen molar-refractivity contribution < 1.29 is 19.3 Å². The molecule has 172 valence electrons. The number of rotatable bonds is 8. The lowest BCUT2D eigenvalue weighted by Gasteiger charge is -2.20. The molecule has 9 heteroatoms. The molecule has 3 aromatic carbocycles. The Hall–Kier alpha value is -4.53. The molecule has 2 N–H and O–H groups in total. The van der Waals surface area contributed by atoms with Gasteiger partial charge in [-0.05, 0) is 23.6 Å². The van der Waals surface area contributed by atoms with Gasteiger partial charge in [0.1, 0.15) is 0 Å². The van der Waals surface area contributed by atoms with Gasteiger partial charge < -0.3 is 10.6 Å². The van der Waals surface area contributed by atoms with E-state index in [4.69, 9.17) is 0 Å². The van der Waals surface area contributed by atoms with E-state index in [2.05, 4.69) is 10.6 Å². The van der Waals surface area contributed by atoms with Crippen LogP contribution in [0.2, 0.25) is 0 Å². The number of urea groups is 1. The van der Waals surface area contributed by atoms with E-state index in [9.17, 15) is 24.5 Å². The number of hydrogen-bond donors (Lipinski definition) is 2. The van der Waals surface area contributed by atoms with Crippen LogP contribution in [0, 0.1) is 10.1 Å². The summed E-state index contributed by atoms with van der Waals surface area (Å²) in [5, 5.41) is 16.7. The molecular weight excluding hydrogens is 436 g/mol. The summed E-state index contributed by atoms with van der Waals surface area (Å²) in [6.07, 6.45) is 0.336. The summed E-state index contributed by atoms with van der Waals surface area (Å²) in [4.78, 5) is 49.0. The first kappa shape index (κ1) is 22.7.